The van der Waals surface area contributed by atoms with E-state index in [2.05, 4.69) is 39.8 Å². The van der Waals surface area contributed by atoms with Crippen molar-refractivity contribution in [3.63, 3.8) is 0 Å². The third-order valence-electron chi connectivity index (χ3n) is 4.94. The monoisotopic (exact) mass is 367 g/mol. The van der Waals surface area contributed by atoms with Gasteiger partial charge in [0.25, 0.3) is 0 Å². The van der Waals surface area contributed by atoms with E-state index in [4.69, 9.17) is 5.11 Å². The van der Waals surface area contributed by atoms with Gasteiger partial charge in [-0.15, -0.1) is 0 Å². The first-order valence-electron chi connectivity index (χ1n) is 9.26. The predicted octanol–water partition coefficient (Wildman–Crippen LogP) is 3.10. The molecule has 0 radical (unpaired) electrons. The number of hydrogen-bond acceptors (Lipinski definition) is 3. The van der Waals surface area contributed by atoms with E-state index in [1.54, 1.807) is 12.1 Å². The van der Waals surface area contributed by atoms with E-state index >= 15 is 0 Å². The van der Waals surface area contributed by atoms with Crippen molar-refractivity contribution < 1.29 is 14.7 Å². The lowest BCUT2D eigenvalue weighted by Crippen LogP contribution is -2.41. The summed E-state index contributed by atoms with van der Waals surface area (Å²) in [6, 6.07) is 16.7. The number of benzene rings is 2. The van der Waals surface area contributed by atoms with Crippen LogP contribution in [0.2, 0.25) is 0 Å². The highest BCUT2D eigenvalue weighted by Crippen LogP contribution is 2.22. The van der Waals surface area contributed by atoms with Gasteiger partial charge >= 0.3 is 12.0 Å². The Morgan fingerprint density at radius 3 is 2.26 bits per heavy atom. The van der Waals surface area contributed by atoms with Crippen LogP contribution in [0.25, 0.3) is 0 Å². The molecule has 1 fully saturated rings. The van der Waals surface area contributed by atoms with E-state index in [-0.39, 0.29) is 11.6 Å². The molecule has 2 aromatic rings. The number of carboxylic acids is 1. The van der Waals surface area contributed by atoms with Crippen LogP contribution in [0.1, 0.15) is 28.8 Å². The van der Waals surface area contributed by atoms with Crippen molar-refractivity contribution >= 4 is 17.7 Å². The zero-order valence-electron chi connectivity index (χ0n) is 15.2. The summed E-state index contributed by atoms with van der Waals surface area (Å²) < 4.78 is 0. The van der Waals surface area contributed by atoms with Gasteiger partial charge in [0.05, 0.1) is 5.56 Å². The molecule has 6 nitrogen and oxygen atoms in total. The minimum atomic E-state index is -0.953. The van der Waals surface area contributed by atoms with E-state index in [0.29, 0.717) is 19.0 Å². The maximum Gasteiger partial charge on any atom is 0.335 e. The fraction of sp³-hybridized carbons (Fsp3) is 0.333. The van der Waals surface area contributed by atoms with Crippen LogP contribution in [-0.2, 0) is 6.54 Å². The number of carboxylic acid groups (broad SMARTS) is 1. The molecule has 6 heteroatoms. The molecule has 0 unspecified atom stereocenters. The molecule has 2 aromatic carbocycles. The van der Waals surface area contributed by atoms with Gasteiger partial charge < -0.3 is 20.6 Å². The summed E-state index contributed by atoms with van der Waals surface area (Å²) in [7, 11) is 0. The van der Waals surface area contributed by atoms with Gasteiger partial charge in [0.2, 0.25) is 0 Å². The second-order valence-corrected chi connectivity index (χ2v) is 6.83. The molecular formula is C21H25N3O3. The van der Waals surface area contributed by atoms with Gasteiger partial charge in [-0.1, -0.05) is 30.3 Å². The zero-order valence-corrected chi connectivity index (χ0v) is 15.2. The smallest absolute Gasteiger partial charge is 0.335 e. The molecule has 0 aliphatic carbocycles. The van der Waals surface area contributed by atoms with E-state index < -0.39 is 5.97 Å². The summed E-state index contributed by atoms with van der Waals surface area (Å²) in [6.45, 7) is 3.06. The van der Waals surface area contributed by atoms with Crippen LogP contribution in [0.15, 0.2) is 54.6 Å². The van der Waals surface area contributed by atoms with Crippen LogP contribution in [0.4, 0.5) is 10.5 Å². The van der Waals surface area contributed by atoms with Gasteiger partial charge in [-0.25, -0.2) is 9.59 Å². The van der Waals surface area contributed by atoms with Gasteiger partial charge in [-0.2, -0.15) is 0 Å². The second-order valence-electron chi connectivity index (χ2n) is 6.83. The highest BCUT2D eigenvalue weighted by molar-refractivity contribution is 5.87. The maximum atomic E-state index is 12.0. The summed E-state index contributed by atoms with van der Waals surface area (Å²) in [5, 5.41) is 14.6. The molecule has 3 N–H and O–H groups in total. The average molecular weight is 367 g/mol. The number of amides is 2. The predicted molar refractivity (Wildman–Crippen MR) is 105 cm³/mol. The van der Waals surface area contributed by atoms with Crippen molar-refractivity contribution in [1.29, 1.82) is 0 Å². The summed E-state index contributed by atoms with van der Waals surface area (Å²) in [4.78, 5) is 25.2. The van der Waals surface area contributed by atoms with Crippen molar-refractivity contribution in [3.8, 4) is 0 Å². The van der Waals surface area contributed by atoms with Crippen molar-refractivity contribution in [1.82, 2.24) is 10.6 Å². The molecule has 27 heavy (non-hydrogen) atoms. The number of aromatic carboxylic acids is 1. The van der Waals surface area contributed by atoms with Gasteiger partial charge in [-0.05, 0) is 48.6 Å². The van der Waals surface area contributed by atoms with E-state index in [1.807, 2.05) is 6.07 Å². The molecule has 1 saturated heterocycles. The third kappa shape index (κ3) is 5.48. The van der Waals surface area contributed by atoms with Gasteiger partial charge in [0.15, 0.2) is 0 Å². The molecule has 0 aromatic heterocycles. The Morgan fingerprint density at radius 1 is 0.963 bits per heavy atom. The van der Waals surface area contributed by atoms with Crippen molar-refractivity contribution in [2.24, 2.45) is 5.92 Å². The number of carbonyl (C=O) groups excluding carboxylic acids is 1. The van der Waals surface area contributed by atoms with E-state index in [0.717, 1.165) is 31.5 Å². The molecule has 0 spiro atoms. The SMILES string of the molecule is O=C(NCc1ccc(C(=O)O)cc1)NCC1CCN(c2ccccc2)CC1. The number of rotatable bonds is 6. The molecular weight excluding hydrogens is 342 g/mol. The van der Waals surface area contributed by atoms with Crippen LogP contribution in [0, 0.1) is 5.92 Å². The number of para-hydroxylation sites is 1. The summed E-state index contributed by atoms with van der Waals surface area (Å²) in [6.07, 6.45) is 2.12. The molecule has 2 amide bonds. The molecule has 3 rings (SSSR count). The van der Waals surface area contributed by atoms with Crippen LogP contribution in [0.3, 0.4) is 0 Å². The summed E-state index contributed by atoms with van der Waals surface area (Å²) in [5.41, 5.74) is 2.37. The van der Waals surface area contributed by atoms with E-state index in [1.165, 1.54) is 17.8 Å². The number of urea groups is 1. The standard InChI is InChI=1S/C21H25N3O3/c25-20(26)18-8-6-16(7-9-18)14-22-21(27)23-15-17-10-12-24(13-11-17)19-4-2-1-3-5-19/h1-9,17H,10-15H2,(H,25,26)(H2,22,23,27). The van der Waals surface area contributed by atoms with Crippen molar-refractivity contribution in [2.75, 3.05) is 24.5 Å². The Kier molecular flexibility index (Phi) is 6.30. The quantitative estimate of drug-likeness (QED) is 0.733. The normalized spacial score (nSPS) is 14.6. The fourth-order valence-electron chi connectivity index (χ4n) is 3.28. The summed E-state index contributed by atoms with van der Waals surface area (Å²) in [5.74, 6) is -0.462. The molecule has 1 heterocycles. The Morgan fingerprint density at radius 2 is 1.63 bits per heavy atom. The Bertz CT molecular complexity index is 754. The van der Waals surface area contributed by atoms with Crippen molar-refractivity contribution in [3.05, 3.63) is 65.7 Å². The topological polar surface area (TPSA) is 81.7 Å². The van der Waals surface area contributed by atoms with Gasteiger partial charge in [-0.3, -0.25) is 0 Å². The Labute approximate surface area is 159 Å². The first-order valence-corrected chi connectivity index (χ1v) is 9.26. The largest absolute Gasteiger partial charge is 0.478 e. The lowest BCUT2D eigenvalue weighted by atomic mass is 9.96. The molecule has 142 valence electrons. The Hall–Kier alpha value is -3.02. The van der Waals surface area contributed by atoms with Crippen LogP contribution < -0.4 is 15.5 Å². The minimum absolute atomic E-state index is 0.192. The molecule has 0 saturated carbocycles. The Balaban J connectivity index is 1.35. The average Bonchev–Trinajstić information content (AvgIpc) is 2.72. The highest BCUT2D eigenvalue weighted by atomic mass is 16.4. The number of nitrogens with one attached hydrogen (secondary N) is 2. The maximum absolute atomic E-state index is 12.0. The van der Waals surface area contributed by atoms with E-state index in [9.17, 15) is 9.59 Å². The first kappa shape index (κ1) is 18.8. The summed E-state index contributed by atoms with van der Waals surface area (Å²) >= 11 is 0. The lowest BCUT2D eigenvalue weighted by molar-refractivity contribution is 0.0697. The number of carbonyl (C=O) groups is 2. The van der Waals surface area contributed by atoms with Crippen molar-refractivity contribution in [2.45, 2.75) is 19.4 Å². The number of hydrogen-bond donors (Lipinski definition) is 3. The molecule has 0 atom stereocenters. The lowest BCUT2D eigenvalue weighted by Gasteiger charge is -2.33. The number of piperidine rings is 1. The first-order chi connectivity index (χ1) is 13.1. The van der Waals surface area contributed by atoms with Gasteiger partial charge in [0, 0.05) is 31.9 Å². The van der Waals surface area contributed by atoms with Crippen LogP contribution in [-0.4, -0.2) is 36.7 Å². The zero-order chi connectivity index (χ0) is 19.1. The van der Waals surface area contributed by atoms with Crippen LogP contribution in [0.5, 0.6) is 0 Å². The molecule has 1 aliphatic heterocycles. The number of nitrogens with zero attached hydrogens (tertiary/aromatic N) is 1. The fourth-order valence-corrected chi connectivity index (χ4v) is 3.28. The second kappa shape index (κ2) is 9.07. The molecule has 1 aliphatic rings. The number of anilines is 1. The molecule has 0 bridgehead atoms. The minimum Gasteiger partial charge on any atom is -0.478 e. The van der Waals surface area contributed by atoms with Gasteiger partial charge in [0.1, 0.15) is 0 Å². The highest BCUT2D eigenvalue weighted by Gasteiger charge is 2.19. The third-order valence-corrected chi connectivity index (χ3v) is 4.94. The van der Waals surface area contributed by atoms with Crippen LogP contribution >= 0.6 is 0 Å².